The highest BCUT2D eigenvalue weighted by Gasteiger charge is 2.15. The average molecular weight is 289 g/mol. The topological polar surface area (TPSA) is 64.6 Å². The van der Waals surface area contributed by atoms with Crippen LogP contribution in [-0.2, 0) is 20.9 Å². The second-order valence-electron chi connectivity index (χ2n) is 4.71. The van der Waals surface area contributed by atoms with E-state index in [0.29, 0.717) is 38.4 Å². The Hall–Kier alpha value is -1.98. The molecule has 1 unspecified atom stereocenters. The zero-order chi connectivity index (χ0) is 14.9. The fraction of sp³-hybridized carbons (Fsp3) is 0.375. The summed E-state index contributed by atoms with van der Waals surface area (Å²) in [6, 6.07) is 6.69. The average Bonchev–Trinajstić information content (AvgIpc) is 2.51. The normalized spacial score (nSPS) is 22.5. The van der Waals surface area contributed by atoms with Crippen molar-refractivity contribution in [2.75, 3.05) is 19.8 Å². The third-order valence-corrected chi connectivity index (χ3v) is 3.14. The number of hydrogen-bond acceptors (Lipinski definition) is 4. The van der Waals surface area contributed by atoms with Crippen molar-refractivity contribution >= 4 is 12.2 Å². The fourth-order valence-electron chi connectivity index (χ4n) is 2.02. The van der Waals surface area contributed by atoms with Gasteiger partial charge in [-0.25, -0.2) is 0 Å². The SMILES string of the molecule is O=CC1C/C=C/COCCOCc2ccccc2C(=O)N1. The summed E-state index contributed by atoms with van der Waals surface area (Å²) < 4.78 is 10.9. The molecule has 1 N–H and O–H groups in total. The lowest BCUT2D eigenvalue weighted by atomic mass is 10.1. The number of nitrogens with one attached hydrogen (secondary N) is 1. The van der Waals surface area contributed by atoms with Crippen LogP contribution in [0.3, 0.4) is 0 Å². The largest absolute Gasteiger partial charge is 0.375 e. The number of amides is 1. The summed E-state index contributed by atoms with van der Waals surface area (Å²) in [7, 11) is 0. The van der Waals surface area contributed by atoms with Gasteiger partial charge in [-0.15, -0.1) is 0 Å². The minimum atomic E-state index is -0.536. The molecule has 5 nitrogen and oxygen atoms in total. The Labute approximate surface area is 123 Å². The molecule has 5 heteroatoms. The van der Waals surface area contributed by atoms with Gasteiger partial charge in [0.1, 0.15) is 6.29 Å². The van der Waals surface area contributed by atoms with Crippen LogP contribution in [0.25, 0.3) is 0 Å². The summed E-state index contributed by atoms with van der Waals surface area (Å²) in [5.74, 6) is -0.256. The molecular weight excluding hydrogens is 270 g/mol. The first-order valence-electron chi connectivity index (χ1n) is 6.96. The fourth-order valence-corrected chi connectivity index (χ4v) is 2.02. The van der Waals surface area contributed by atoms with Crippen molar-refractivity contribution in [3.8, 4) is 0 Å². The standard InChI is InChI=1S/C16H19NO4/c18-11-14-6-3-4-8-20-9-10-21-12-13-5-1-2-7-15(13)16(19)17-14/h1-5,7,11,14H,6,8-10,12H2,(H,17,19)/b4-3+. The summed E-state index contributed by atoms with van der Waals surface area (Å²) >= 11 is 0. The van der Waals surface area contributed by atoms with Crippen molar-refractivity contribution in [1.29, 1.82) is 0 Å². The number of carbonyl (C=O) groups is 2. The van der Waals surface area contributed by atoms with Gasteiger partial charge >= 0.3 is 0 Å². The van der Waals surface area contributed by atoms with Gasteiger partial charge in [-0.1, -0.05) is 30.4 Å². The lowest BCUT2D eigenvalue weighted by Crippen LogP contribution is -2.36. The quantitative estimate of drug-likeness (QED) is 0.628. The first kappa shape index (κ1) is 15.4. The molecule has 0 bridgehead atoms. The van der Waals surface area contributed by atoms with Gasteiger partial charge in [-0.05, 0) is 18.1 Å². The number of aldehydes is 1. The zero-order valence-corrected chi connectivity index (χ0v) is 11.8. The molecule has 112 valence electrons. The summed E-state index contributed by atoms with van der Waals surface area (Å²) in [5, 5.41) is 2.72. The minimum Gasteiger partial charge on any atom is -0.375 e. The number of carbonyl (C=O) groups excluding carboxylic acids is 2. The van der Waals surface area contributed by atoms with E-state index < -0.39 is 6.04 Å². The molecule has 21 heavy (non-hydrogen) atoms. The number of benzene rings is 1. The minimum absolute atomic E-state index is 0.256. The molecule has 0 aliphatic carbocycles. The van der Waals surface area contributed by atoms with Crippen LogP contribution in [0.2, 0.25) is 0 Å². The molecule has 1 amide bonds. The highest BCUT2D eigenvalue weighted by Crippen LogP contribution is 2.11. The van der Waals surface area contributed by atoms with Crippen molar-refractivity contribution in [3.05, 3.63) is 47.5 Å². The maximum Gasteiger partial charge on any atom is 0.252 e. The third-order valence-electron chi connectivity index (χ3n) is 3.14. The summed E-state index contributed by atoms with van der Waals surface area (Å²) in [6.45, 7) is 1.78. The van der Waals surface area contributed by atoms with Crippen molar-refractivity contribution in [2.45, 2.75) is 19.1 Å². The molecule has 1 aliphatic heterocycles. The van der Waals surface area contributed by atoms with Gasteiger partial charge in [0.25, 0.3) is 5.91 Å². The highest BCUT2D eigenvalue weighted by atomic mass is 16.5. The van der Waals surface area contributed by atoms with Gasteiger partial charge < -0.3 is 19.6 Å². The van der Waals surface area contributed by atoms with E-state index in [4.69, 9.17) is 9.47 Å². The van der Waals surface area contributed by atoms with Crippen molar-refractivity contribution in [2.24, 2.45) is 0 Å². The van der Waals surface area contributed by atoms with Gasteiger partial charge in [-0.2, -0.15) is 0 Å². The zero-order valence-electron chi connectivity index (χ0n) is 11.8. The van der Waals surface area contributed by atoms with Crippen LogP contribution in [-0.4, -0.2) is 38.1 Å². The van der Waals surface area contributed by atoms with Crippen molar-refractivity contribution < 1.29 is 19.1 Å². The first-order chi connectivity index (χ1) is 10.3. The molecular formula is C16H19NO4. The highest BCUT2D eigenvalue weighted by molar-refractivity contribution is 5.97. The van der Waals surface area contributed by atoms with Crippen LogP contribution in [0.4, 0.5) is 0 Å². The van der Waals surface area contributed by atoms with Crippen molar-refractivity contribution in [1.82, 2.24) is 5.32 Å². The smallest absolute Gasteiger partial charge is 0.252 e. The van der Waals surface area contributed by atoms with Crippen LogP contribution in [0, 0.1) is 0 Å². The maximum absolute atomic E-state index is 12.3. The second kappa shape index (κ2) is 8.34. The van der Waals surface area contributed by atoms with Crippen LogP contribution >= 0.6 is 0 Å². The molecule has 1 aliphatic rings. The first-order valence-corrected chi connectivity index (χ1v) is 6.96. The molecule has 1 aromatic carbocycles. The van der Waals surface area contributed by atoms with Crippen LogP contribution in [0.1, 0.15) is 22.3 Å². The molecule has 1 aromatic rings. The van der Waals surface area contributed by atoms with Crippen molar-refractivity contribution in [3.63, 3.8) is 0 Å². The third kappa shape index (κ3) is 4.81. The van der Waals surface area contributed by atoms with Crippen LogP contribution < -0.4 is 5.32 Å². The van der Waals surface area contributed by atoms with E-state index in [-0.39, 0.29) is 5.91 Å². The van der Waals surface area contributed by atoms with E-state index in [1.165, 1.54) is 0 Å². The Kier molecular flexibility index (Phi) is 6.12. The van der Waals surface area contributed by atoms with Gasteiger partial charge in [0.15, 0.2) is 0 Å². The summed E-state index contributed by atoms with van der Waals surface area (Å²) in [5.41, 5.74) is 1.33. The van der Waals surface area contributed by atoms with Crippen LogP contribution in [0.5, 0.6) is 0 Å². The van der Waals surface area contributed by atoms with Crippen LogP contribution in [0.15, 0.2) is 36.4 Å². The Morgan fingerprint density at radius 2 is 1.95 bits per heavy atom. The van der Waals surface area contributed by atoms with Gasteiger partial charge in [-0.3, -0.25) is 4.79 Å². The number of fused-ring (bicyclic) bond motifs is 1. The number of ether oxygens (including phenoxy) is 2. The lowest BCUT2D eigenvalue weighted by molar-refractivity contribution is -0.109. The van der Waals surface area contributed by atoms with E-state index >= 15 is 0 Å². The maximum atomic E-state index is 12.3. The molecule has 0 saturated carbocycles. The van der Waals surface area contributed by atoms with E-state index in [1.807, 2.05) is 24.3 Å². The van der Waals surface area contributed by atoms with E-state index in [9.17, 15) is 9.59 Å². The van der Waals surface area contributed by atoms with Gasteiger partial charge in [0.2, 0.25) is 0 Å². The molecule has 0 aromatic heterocycles. The van der Waals surface area contributed by atoms with E-state index in [1.54, 1.807) is 12.1 Å². The van der Waals surface area contributed by atoms with Gasteiger partial charge in [0.05, 0.1) is 32.5 Å². The number of rotatable bonds is 1. The summed E-state index contributed by atoms with van der Waals surface area (Å²) in [4.78, 5) is 23.3. The number of hydrogen-bond donors (Lipinski definition) is 1. The molecule has 1 heterocycles. The molecule has 0 spiro atoms. The monoisotopic (exact) mass is 289 g/mol. The lowest BCUT2D eigenvalue weighted by Gasteiger charge is -2.14. The Morgan fingerprint density at radius 3 is 2.81 bits per heavy atom. The van der Waals surface area contributed by atoms with E-state index in [0.717, 1.165) is 11.8 Å². The Balaban J connectivity index is 2.16. The Bertz CT molecular complexity index is 513. The predicted octanol–water partition coefficient (Wildman–Crippen LogP) is 1.48. The molecule has 1 atom stereocenters. The Morgan fingerprint density at radius 1 is 1.14 bits per heavy atom. The summed E-state index contributed by atoms with van der Waals surface area (Å²) in [6.07, 6.45) is 4.87. The predicted molar refractivity (Wildman–Crippen MR) is 78.0 cm³/mol. The van der Waals surface area contributed by atoms with Gasteiger partial charge in [0, 0.05) is 5.56 Å². The van der Waals surface area contributed by atoms with E-state index in [2.05, 4.69) is 5.32 Å². The molecule has 0 radical (unpaired) electrons. The molecule has 0 fully saturated rings. The second-order valence-corrected chi connectivity index (χ2v) is 4.71. The molecule has 0 saturated heterocycles. The molecule has 2 rings (SSSR count).